The average Bonchev–Trinajstić information content (AvgIpc) is 2.80. The summed E-state index contributed by atoms with van der Waals surface area (Å²) in [5.41, 5.74) is -0.708. The molecule has 0 radical (unpaired) electrons. The molecule has 2 rings (SSSR count). The van der Waals surface area contributed by atoms with Crippen molar-refractivity contribution in [3.8, 4) is 0 Å². The summed E-state index contributed by atoms with van der Waals surface area (Å²) < 4.78 is 0. The van der Waals surface area contributed by atoms with Gasteiger partial charge in [0.15, 0.2) is 0 Å². The number of aliphatic carboxylic acids is 1. The molecule has 0 saturated carbocycles. The summed E-state index contributed by atoms with van der Waals surface area (Å²) >= 11 is 5.75. The minimum atomic E-state index is -1.27. The van der Waals surface area contributed by atoms with Crippen LogP contribution in [0.25, 0.3) is 0 Å². The Kier molecular flexibility index (Phi) is 4.05. The summed E-state index contributed by atoms with van der Waals surface area (Å²) in [4.78, 5) is 37.8. The van der Waals surface area contributed by atoms with Gasteiger partial charge in [-0.1, -0.05) is 11.6 Å². The second kappa shape index (κ2) is 5.62. The highest BCUT2D eigenvalue weighted by Gasteiger charge is 2.40. The number of amides is 1. The molecule has 21 heavy (non-hydrogen) atoms. The van der Waals surface area contributed by atoms with Crippen LogP contribution in [-0.4, -0.2) is 55.6 Å². The number of rotatable bonds is 3. The number of hydrogen-bond donors (Lipinski definition) is 2. The Morgan fingerprint density at radius 3 is 2.76 bits per heavy atom. The van der Waals surface area contributed by atoms with Crippen LogP contribution in [0.3, 0.4) is 0 Å². The van der Waals surface area contributed by atoms with Gasteiger partial charge in [-0.3, -0.25) is 14.9 Å². The number of nitro groups is 1. The molecule has 0 bridgehead atoms. The SMILES string of the molecule is O=C(O)[C@@H]1C[C@@H](O)CN1C(=O)c1cc([N+](=O)[O-])cnc1Cl. The van der Waals surface area contributed by atoms with Crippen molar-refractivity contribution in [2.45, 2.75) is 18.6 Å². The van der Waals surface area contributed by atoms with E-state index in [9.17, 15) is 24.8 Å². The third-order valence-electron chi connectivity index (χ3n) is 3.09. The maximum atomic E-state index is 12.3. The van der Waals surface area contributed by atoms with Crippen LogP contribution in [0.5, 0.6) is 0 Å². The van der Waals surface area contributed by atoms with Crippen LogP contribution in [0, 0.1) is 10.1 Å². The molecule has 1 amide bonds. The van der Waals surface area contributed by atoms with E-state index in [-0.39, 0.29) is 23.7 Å². The monoisotopic (exact) mass is 315 g/mol. The first-order valence-electron chi connectivity index (χ1n) is 5.83. The van der Waals surface area contributed by atoms with E-state index < -0.39 is 34.6 Å². The topological polar surface area (TPSA) is 134 Å². The smallest absolute Gasteiger partial charge is 0.326 e. The van der Waals surface area contributed by atoms with Crippen LogP contribution < -0.4 is 0 Å². The molecular formula is C11H10ClN3O6. The summed E-state index contributed by atoms with van der Waals surface area (Å²) in [5, 5.41) is 29.0. The van der Waals surface area contributed by atoms with Crippen LogP contribution in [0.15, 0.2) is 12.3 Å². The molecule has 1 fully saturated rings. The molecule has 0 aliphatic carbocycles. The van der Waals surface area contributed by atoms with E-state index in [0.29, 0.717) is 0 Å². The number of carboxylic acid groups (broad SMARTS) is 1. The molecule has 1 saturated heterocycles. The van der Waals surface area contributed by atoms with Gasteiger partial charge in [0.2, 0.25) is 0 Å². The van der Waals surface area contributed by atoms with Crippen molar-refractivity contribution in [1.29, 1.82) is 0 Å². The molecular weight excluding hydrogens is 306 g/mol. The van der Waals surface area contributed by atoms with Crippen LogP contribution >= 0.6 is 11.6 Å². The lowest BCUT2D eigenvalue weighted by Crippen LogP contribution is -2.40. The van der Waals surface area contributed by atoms with Gasteiger partial charge in [0, 0.05) is 19.0 Å². The number of β-amino-alcohol motifs (C(OH)–C–C–N with tert-alkyl or cyclic N) is 1. The van der Waals surface area contributed by atoms with Gasteiger partial charge in [0.25, 0.3) is 11.6 Å². The quantitative estimate of drug-likeness (QED) is 0.465. The molecule has 10 heteroatoms. The predicted octanol–water partition coefficient (Wildman–Crippen LogP) is 0.303. The first kappa shape index (κ1) is 15.1. The van der Waals surface area contributed by atoms with Gasteiger partial charge in [-0.15, -0.1) is 0 Å². The predicted molar refractivity (Wildman–Crippen MR) is 69.0 cm³/mol. The largest absolute Gasteiger partial charge is 0.480 e. The first-order valence-corrected chi connectivity index (χ1v) is 6.21. The lowest BCUT2D eigenvalue weighted by Gasteiger charge is -2.21. The third kappa shape index (κ3) is 2.93. The molecule has 1 aliphatic heterocycles. The second-order valence-electron chi connectivity index (χ2n) is 4.49. The number of pyridine rings is 1. The van der Waals surface area contributed by atoms with Crippen molar-refractivity contribution >= 4 is 29.2 Å². The van der Waals surface area contributed by atoms with Crippen molar-refractivity contribution in [1.82, 2.24) is 9.88 Å². The van der Waals surface area contributed by atoms with Gasteiger partial charge in [0.1, 0.15) is 17.4 Å². The van der Waals surface area contributed by atoms with E-state index in [1.165, 1.54) is 0 Å². The zero-order valence-electron chi connectivity index (χ0n) is 10.5. The Hall–Kier alpha value is -2.26. The number of aliphatic hydroxyl groups is 1. The highest BCUT2D eigenvalue weighted by Crippen LogP contribution is 2.25. The summed E-state index contributed by atoms with van der Waals surface area (Å²) in [5.74, 6) is -2.09. The van der Waals surface area contributed by atoms with Gasteiger partial charge in [0.05, 0.1) is 16.6 Å². The minimum Gasteiger partial charge on any atom is -0.480 e. The Morgan fingerprint density at radius 2 is 2.19 bits per heavy atom. The molecule has 1 aromatic rings. The molecule has 2 heterocycles. The van der Waals surface area contributed by atoms with Crippen LogP contribution in [0.4, 0.5) is 5.69 Å². The van der Waals surface area contributed by atoms with Gasteiger partial charge in [-0.25, -0.2) is 9.78 Å². The van der Waals surface area contributed by atoms with Crippen molar-refractivity contribution in [2.24, 2.45) is 0 Å². The summed E-state index contributed by atoms with van der Waals surface area (Å²) in [6.45, 7) is -0.186. The molecule has 0 spiro atoms. The number of carboxylic acids is 1. The lowest BCUT2D eigenvalue weighted by atomic mass is 10.2. The van der Waals surface area contributed by atoms with Crippen LogP contribution in [0.1, 0.15) is 16.8 Å². The summed E-state index contributed by atoms with van der Waals surface area (Å²) in [6.07, 6.45) is -0.186. The maximum absolute atomic E-state index is 12.3. The number of nitrogens with zero attached hydrogens (tertiary/aromatic N) is 3. The molecule has 9 nitrogen and oxygen atoms in total. The minimum absolute atomic E-state index is 0.110. The van der Waals surface area contributed by atoms with Gasteiger partial charge in [-0.2, -0.15) is 0 Å². The Bertz CT molecular complexity index is 622. The zero-order valence-corrected chi connectivity index (χ0v) is 11.2. The van der Waals surface area contributed by atoms with E-state index in [1.807, 2.05) is 0 Å². The fourth-order valence-electron chi connectivity index (χ4n) is 2.11. The molecule has 0 unspecified atom stereocenters. The number of carbonyl (C=O) groups excluding carboxylic acids is 1. The molecule has 1 aromatic heterocycles. The van der Waals surface area contributed by atoms with E-state index in [0.717, 1.165) is 17.2 Å². The van der Waals surface area contributed by atoms with Crippen LogP contribution in [-0.2, 0) is 4.79 Å². The van der Waals surface area contributed by atoms with Gasteiger partial charge < -0.3 is 15.1 Å². The van der Waals surface area contributed by atoms with E-state index in [4.69, 9.17) is 16.7 Å². The van der Waals surface area contributed by atoms with Crippen molar-refractivity contribution in [3.63, 3.8) is 0 Å². The Morgan fingerprint density at radius 1 is 1.52 bits per heavy atom. The number of carbonyl (C=O) groups is 2. The normalized spacial score (nSPS) is 21.3. The Labute approximate surface area is 122 Å². The molecule has 0 aromatic carbocycles. The molecule has 2 atom stereocenters. The maximum Gasteiger partial charge on any atom is 0.326 e. The summed E-state index contributed by atoms with van der Waals surface area (Å²) in [7, 11) is 0. The van der Waals surface area contributed by atoms with E-state index in [2.05, 4.69) is 4.98 Å². The summed E-state index contributed by atoms with van der Waals surface area (Å²) in [6, 6.07) is -0.274. The first-order chi connectivity index (χ1) is 9.81. The Balaban J connectivity index is 2.37. The highest BCUT2D eigenvalue weighted by atomic mass is 35.5. The number of aliphatic hydroxyl groups excluding tert-OH is 1. The second-order valence-corrected chi connectivity index (χ2v) is 4.85. The van der Waals surface area contributed by atoms with Gasteiger partial charge in [-0.05, 0) is 0 Å². The van der Waals surface area contributed by atoms with E-state index in [1.54, 1.807) is 0 Å². The average molecular weight is 316 g/mol. The number of hydrogen-bond acceptors (Lipinski definition) is 6. The van der Waals surface area contributed by atoms with Crippen molar-refractivity contribution < 1.29 is 24.7 Å². The molecule has 2 N–H and O–H groups in total. The number of halogens is 1. The fourth-order valence-corrected chi connectivity index (χ4v) is 2.30. The molecule has 112 valence electrons. The standard InChI is InChI=1S/C11H10ClN3O6/c12-9-7(1-5(3-13-9)15(20)21)10(17)14-4-6(16)2-8(14)11(18)19/h1,3,6,8,16H,2,4H2,(H,18,19)/t6-,8+/m1/s1. The highest BCUT2D eigenvalue weighted by molar-refractivity contribution is 6.32. The van der Waals surface area contributed by atoms with Crippen molar-refractivity contribution in [2.75, 3.05) is 6.54 Å². The van der Waals surface area contributed by atoms with Crippen LogP contribution in [0.2, 0.25) is 5.15 Å². The third-order valence-corrected chi connectivity index (χ3v) is 3.39. The van der Waals surface area contributed by atoms with E-state index >= 15 is 0 Å². The number of aromatic nitrogens is 1. The fraction of sp³-hybridized carbons (Fsp3) is 0.364. The number of likely N-dealkylation sites (tertiary alicyclic amines) is 1. The molecule has 1 aliphatic rings. The van der Waals surface area contributed by atoms with Crippen molar-refractivity contribution in [3.05, 3.63) is 33.1 Å². The lowest BCUT2D eigenvalue weighted by molar-refractivity contribution is -0.385. The van der Waals surface area contributed by atoms with Gasteiger partial charge >= 0.3 is 5.97 Å². The zero-order chi connectivity index (χ0) is 15.7.